The van der Waals surface area contributed by atoms with E-state index in [1.165, 1.54) is 16.4 Å². The molecule has 0 atom stereocenters. The van der Waals surface area contributed by atoms with Gasteiger partial charge in [-0.2, -0.15) is 4.31 Å². The smallest absolute Gasteiger partial charge is 0.245 e. The van der Waals surface area contributed by atoms with Gasteiger partial charge in [0.1, 0.15) is 4.90 Å². The second-order valence-electron chi connectivity index (χ2n) is 4.03. The second kappa shape index (κ2) is 6.41. The first-order valence-electron chi connectivity index (χ1n) is 5.98. The average Bonchev–Trinajstić information content (AvgIpc) is 2.33. The van der Waals surface area contributed by atoms with Crippen LogP contribution in [0.3, 0.4) is 0 Å². The number of unbranched alkanes of at least 4 members (excludes halogenated alkanes) is 1. The van der Waals surface area contributed by atoms with Crippen molar-refractivity contribution in [3.8, 4) is 0 Å². The highest BCUT2D eigenvalue weighted by atomic mass is 35.5. The normalized spacial score (nSPS) is 12.0. The van der Waals surface area contributed by atoms with E-state index in [9.17, 15) is 8.42 Å². The van der Waals surface area contributed by atoms with Gasteiger partial charge >= 0.3 is 0 Å². The molecule has 1 rings (SSSR count). The summed E-state index contributed by atoms with van der Waals surface area (Å²) >= 11 is 5.84. The van der Waals surface area contributed by atoms with Gasteiger partial charge < -0.3 is 5.73 Å². The Morgan fingerprint density at radius 3 is 2.56 bits per heavy atom. The molecule has 0 amide bonds. The van der Waals surface area contributed by atoms with E-state index in [2.05, 4.69) is 0 Å². The van der Waals surface area contributed by atoms with Crippen LogP contribution in [-0.2, 0) is 10.0 Å². The van der Waals surface area contributed by atoms with Gasteiger partial charge in [-0.25, -0.2) is 8.42 Å². The van der Waals surface area contributed by atoms with E-state index in [4.69, 9.17) is 17.3 Å². The number of sulfonamides is 1. The molecular weight excluding hydrogens is 272 g/mol. The van der Waals surface area contributed by atoms with Gasteiger partial charge in [0.05, 0.1) is 5.69 Å². The zero-order valence-electron chi connectivity index (χ0n) is 10.7. The van der Waals surface area contributed by atoms with Crippen LogP contribution >= 0.6 is 11.6 Å². The van der Waals surface area contributed by atoms with Gasteiger partial charge in [0, 0.05) is 18.1 Å². The summed E-state index contributed by atoms with van der Waals surface area (Å²) < 4.78 is 26.3. The fourth-order valence-electron chi connectivity index (χ4n) is 1.65. The third-order valence-electron chi connectivity index (χ3n) is 2.71. The molecule has 102 valence electrons. The number of anilines is 1. The van der Waals surface area contributed by atoms with E-state index in [0.717, 1.165) is 12.8 Å². The monoisotopic (exact) mass is 290 g/mol. The van der Waals surface area contributed by atoms with Crippen LogP contribution in [0.1, 0.15) is 26.7 Å². The molecule has 18 heavy (non-hydrogen) atoms. The Bertz CT molecular complexity index is 503. The van der Waals surface area contributed by atoms with Crippen molar-refractivity contribution in [3.05, 3.63) is 23.2 Å². The van der Waals surface area contributed by atoms with Crippen LogP contribution in [0.2, 0.25) is 5.02 Å². The van der Waals surface area contributed by atoms with E-state index in [0.29, 0.717) is 18.1 Å². The van der Waals surface area contributed by atoms with Crippen LogP contribution in [-0.4, -0.2) is 25.8 Å². The molecule has 0 fully saturated rings. The van der Waals surface area contributed by atoms with Gasteiger partial charge in [-0.05, 0) is 24.6 Å². The quantitative estimate of drug-likeness (QED) is 0.819. The summed E-state index contributed by atoms with van der Waals surface area (Å²) in [4.78, 5) is 0.0907. The number of hydrogen-bond acceptors (Lipinski definition) is 3. The first-order chi connectivity index (χ1) is 8.43. The highest BCUT2D eigenvalue weighted by Gasteiger charge is 2.24. The Balaban J connectivity index is 3.14. The van der Waals surface area contributed by atoms with Crippen LogP contribution in [0.5, 0.6) is 0 Å². The van der Waals surface area contributed by atoms with Crippen molar-refractivity contribution in [3.63, 3.8) is 0 Å². The third-order valence-corrected chi connectivity index (χ3v) is 4.97. The molecule has 0 aliphatic heterocycles. The van der Waals surface area contributed by atoms with Gasteiger partial charge in [0.2, 0.25) is 10.0 Å². The summed E-state index contributed by atoms with van der Waals surface area (Å²) in [6, 6.07) is 4.50. The lowest BCUT2D eigenvalue weighted by Crippen LogP contribution is -2.32. The zero-order valence-corrected chi connectivity index (χ0v) is 12.3. The second-order valence-corrected chi connectivity index (χ2v) is 6.38. The summed E-state index contributed by atoms with van der Waals surface area (Å²) in [5, 5.41) is 0.370. The molecular formula is C12H19ClN2O2S. The molecule has 0 saturated heterocycles. The minimum Gasteiger partial charge on any atom is -0.398 e. The Morgan fingerprint density at radius 1 is 1.33 bits per heavy atom. The average molecular weight is 291 g/mol. The summed E-state index contributed by atoms with van der Waals surface area (Å²) in [6.07, 6.45) is 1.77. The van der Waals surface area contributed by atoms with Crippen LogP contribution in [0.25, 0.3) is 0 Å². The molecule has 0 radical (unpaired) electrons. The van der Waals surface area contributed by atoms with Crippen LogP contribution in [0.15, 0.2) is 23.1 Å². The lowest BCUT2D eigenvalue weighted by Gasteiger charge is -2.21. The van der Waals surface area contributed by atoms with Crippen molar-refractivity contribution in [2.45, 2.75) is 31.6 Å². The van der Waals surface area contributed by atoms with E-state index >= 15 is 0 Å². The maximum absolute atomic E-state index is 12.4. The van der Waals surface area contributed by atoms with Crippen molar-refractivity contribution in [2.24, 2.45) is 0 Å². The fraction of sp³-hybridized carbons (Fsp3) is 0.500. The third kappa shape index (κ3) is 3.37. The number of hydrogen-bond donors (Lipinski definition) is 1. The largest absolute Gasteiger partial charge is 0.398 e. The SMILES string of the molecule is CCCCN(CC)S(=O)(=O)c1cc(Cl)ccc1N. The number of benzene rings is 1. The van der Waals surface area contributed by atoms with Crippen LogP contribution in [0, 0.1) is 0 Å². The Morgan fingerprint density at radius 2 is 2.00 bits per heavy atom. The van der Waals surface area contributed by atoms with Crippen LogP contribution < -0.4 is 5.73 Å². The van der Waals surface area contributed by atoms with Gasteiger partial charge in [0.25, 0.3) is 0 Å². The Kier molecular flexibility index (Phi) is 5.44. The van der Waals surface area contributed by atoms with Gasteiger partial charge in [-0.15, -0.1) is 0 Å². The minimum atomic E-state index is -3.55. The summed E-state index contributed by atoms with van der Waals surface area (Å²) in [7, 11) is -3.55. The molecule has 6 heteroatoms. The first kappa shape index (κ1) is 15.3. The highest BCUT2D eigenvalue weighted by molar-refractivity contribution is 7.89. The van der Waals surface area contributed by atoms with E-state index in [1.54, 1.807) is 6.07 Å². The molecule has 0 unspecified atom stereocenters. The summed E-state index contributed by atoms with van der Waals surface area (Å²) in [5.41, 5.74) is 5.96. The fourth-order valence-corrected chi connectivity index (χ4v) is 3.52. The van der Waals surface area contributed by atoms with E-state index < -0.39 is 10.0 Å². The lowest BCUT2D eigenvalue weighted by atomic mass is 10.3. The zero-order chi connectivity index (χ0) is 13.8. The molecule has 0 spiro atoms. The van der Waals surface area contributed by atoms with Crippen molar-refractivity contribution < 1.29 is 8.42 Å². The Hall–Kier alpha value is -0.780. The molecule has 0 aliphatic carbocycles. The lowest BCUT2D eigenvalue weighted by molar-refractivity contribution is 0.419. The predicted molar refractivity (Wildman–Crippen MR) is 75.2 cm³/mol. The van der Waals surface area contributed by atoms with Gasteiger partial charge in [-0.1, -0.05) is 31.9 Å². The molecule has 4 nitrogen and oxygen atoms in total. The number of nitrogens with two attached hydrogens (primary N) is 1. The first-order valence-corrected chi connectivity index (χ1v) is 7.80. The summed E-state index contributed by atoms with van der Waals surface area (Å²) in [6.45, 7) is 4.76. The molecule has 0 aliphatic rings. The Labute approximate surface area is 114 Å². The van der Waals surface area contributed by atoms with E-state index in [1.807, 2.05) is 13.8 Å². The number of rotatable bonds is 6. The standard InChI is InChI=1S/C12H19ClN2O2S/c1-3-5-8-15(4-2)18(16,17)12-9-10(13)6-7-11(12)14/h6-7,9H,3-5,8,14H2,1-2H3. The molecule has 0 saturated carbocycles. The maximum Gasteiger partial charge on any atom is 0.245 e. The van der Waals surface area contributed by atoms with Crippen molar-refractivity contribution in [1.29, 1.82) is 0 Å². The molecule has 0 bridgehead atoms. The van der Waals surface area contributed by atoms with Crippen LogP contribution in [0.4, 0.5) is 5.69 Å². The number of nitrogen functional groups attached to an aromatic ring is 1. The van der Waals surface area contributed by atoms with Crippen molar-refractivity contribution >= 4 is 27.3 Å². The van der Waals surface area contributed by atoms with E-state index in [-0.39, 0.29) is 10.6 Å². The summed E-state index contributed by atoms with van der Waals surface area (Å²) in [5.74, 6) is 0. The molecule has 2 N–H and O–H groups in total. The molecule has 1 aromatic rings. The predicted octanol–water partition coefficient (Wildman–Crippen LogP) is 2.73. The van der Waals surface area contributed by atoms with Gasteiger partial charge in [0.15, 0.2) is 0 Å². The maximum atomic E-state index is 12.4. The van der Waals surface area contributed by atoms with Crippen molar-refractivity contribution in [1.82, 2.24) is 4.31 Å². The minimum absolute atomic E-state index is 0.0907. The topological polar surface area (TPSA) is 63.4 Å². The molecule has 0 heterocycles. The highest BCUT2D eigenvalue weighted by Crippen LogP contribution is 2.25. The number of halogens is 1. The van der Waals surface area contributed by atoms with Gasteiger partial charge in [-0.3, -0.25) is 0 Å². The number of nitrogens with zero attached hydrogens (tertiary/aromatic N) is 1. The van der Waals surface area contributed by atoms with Crippen molar-refractivity contribution in [2.75, 3.05) is 18.8 Å². The molecule has 0 aromatic heterocycles. The molecule has 1 aromatic carbocycles.